The van der Waals surface area contributed by atoms with Crippen LogP contribution in [0.5, 0.6) is 0 Å². The summed E-state index contributed by atoms with van der Waals surface area (Å²) in [5.41, 5.74) is 0.246. The van der Waals surface area contributed by atoms with Crippen LogP contribution in [0.1, 0.15) is 24.3 Å². The normalized spacial score (nSPS) is 12.5. The lowest BCUT2D eigenvalue weighted by molar-refractivity contribution is 0.0861. The van der Waals surface area contributed by atoms with Gasteiger partial charge in [0.2, 0.25) is 0 Å². The van der Waals surface area contributed by atoms with Gasteiger partial charge in [-0.3, -0.25) is 4.79 Å². The number of hydrogen-bond acceptors (Lipinski definition) is 4. The number of rotatable bonds is 5. The Balaban J connectivity index is 2.66. The number of halogens is 1. The standard InChI is InChI=1S/C11H16ClN3O2/c1-7(2)9(6-17-3)15-11(16)8-4-14-10(12)5-13-8/h4-5,7,9H,6H2,1-3H3,(H,15,16). The van der Waals surface area contributed by atoms with Crippen LogP contribution in [0.3, 0.4) is 0 Å². The van der Waals surface area contributed by atoms with E-state index in [4.69, 9.17) is 16.3 Å². The number of hydrogen-bond donors (Lipinski definition) is 1. The Morgan fingerprint density at radius 3 is 2.65 bits per heavy atom. The highest BCUT2D eigenvalue weighted by atomic mass is 35.5. The molecule has 0 saturated heterocycles. The van der Waals surface area contributed by atoms with Gasteiger partial charge >= 0.3 is 0 Å². The quantitative estimate of drug-likeness (QED) is 0.869. The lowest BCUT2D eigenvalue weighted by atomic mass is 10.1. The predicted molar refractivity (Wildman–Crippen MR) is 65.0 cm³/mol. The summed E-state index contributed by atoms with van der Waals surface area (Å²) in [6, 6.07) is -0.0509. The third-order valence-corrected chi connectivity index (χ3v) is 2.52. The van der Waals surface area contributed by atoms with Gasteiger partial charge in [-0.15, -0.1) is 0 Å². The Kier molecular flexibility index (Phi) is 5.31. The second-order valence-electron chi connectivity index (χ2n) is 4.00. The van der Waals surface area contributed by atoms with E-state index in [0.717, 1.165) is 0 Å². The number of amides is 1. The number of ether oxygens (including phenoxy) is 1. The summed E-state index contributed by atoms with van der Waals surface area (Å²) >= 11 is 5.60. The van der Waals surface area contributed by atoms with Crippen molar-refractivity contribution in [3.8, 4) is 0 Å². The van der Waals surface area contributed by atoms with Crippen LogP contribution in [0, 0.1) is 5.92 Å². The van der Waals surface area contributed by atoms with Crippen LogP contribution in [0.4, 0.5) is 0 Å². The number of methoxy groups -OCH3 is 1. The van der Waals surface area contributed by atoms with Crippen LogP contribution >= 0.6 is 11.6 Å². The molecule has 1 amide bonds. The lowest BCUT2D eigenvalue weighted by Gasteiger charge is -2.21. The Labute approximate surface area is 106 Å². The summed E-state index contributed by atoms with van der Waals surface area (Å²) in [5, 5.41) is 3.11. The Morgan fingerprint density at radius 1 is 1.47 bits per heavy atom. The Hall–Kier alpha value is -1.20. The van der Waals surface area contributed by atoms with Crippen molar-refractivity contribution < 1.29 is 9.53 Å². The molecule has 5 nitrogen and oxygen atoms in total. The molecule has 1 aromatic heterocycles. The van der Waals surface area contributed by atoms with Crippen molar-refractivity contribution in [2.24, 2.45) is 5.92 Å². The summed E-state index contributed by atoms with van der Waals surface area (Å²) in [4.78, 5) is 19.5. The molecule has 1 rings (SSSR count). The minimum atomic E-state index is -0.273. The fraction of sp³-hybridized carbons (Fsp3) is 0.545. The molecule has 1 atom stereocenters. The maximum atomic E-state index is 11.8. The molecule has 0 saturated carbocycles. The third-order valence-electron chi connectivity index (χ3n) is 2.32. The van der Waals surface area contributed by atoms with Gasteiger partial charge in [0.05, 0.1) is 25.0 Å². The van der Waals surface area contributed by atoms with E-state index in [-0.39, 0.29) is 28.7 Å². The summed E-state index contributed by atoms with van der Waals surface area (Å²) in [7, 11) is 1.60. The van der Waals surface area contributed by atoms with Gasteiger partial charge in [0.25, 0.3) is 5.91 Å². The monoisotopic (exact) mass is 257 g/mol. The maximum absolute atomic E-state index is 11.8. The highest BCUT2D eigenvalue weighted by molar-refractivity contribution is 6.29. The van der Waals surface area contributed by atoms with Crippen molar-refractivity contribution in [2.75, 3.05) is 13.7 Å². The SMILES string of the molecule is COCC(NC(=O)c1cnc(Cl)cn1)C(C)C. The lowest BCUT2D eigenvalue weighted by Crippen LogP contribution is -2.42. The number of nitrogens with one attached hydrogen (secondary N) is 1. The van der Waals surface area contributed by atoms with Crippen LogP contribution in [0.25, 0.3) is 0 Å². The zero-order chi connectivity index (χ0) is 12.8. The van der Waals surface area contributed by atoms with E-state index in [1.807, 2.05) is 13.8 Å². The van der Waals surface area contributed by atoms with E-state index in [2.05, 4.69) is 15.3 Å². The van der Waals surface area contributed by atoms with Gasteiger partial charge in [-0.2, -0.15) is 0 Å². The largest absolute Gasteiger partial charge is 0.383 e. The Bertz CT molecular complexity index is 367. The van der Waals surface area contributed by atoms with E-state index < -0.39 is 0 Å². The first-order valence-corrected chi connectivity index (χ1v) is 5.69. The maximum Gasteiger partial charge on any atom is 0.271 e. The van der Waals surface area contributed by atoms with Gasteiger partial charge < -0.3 is 10.1 Å². The molecule has 0 fully saturated rings. The highest BCUT2D eigenvalue weighted by Crippen LogP contribution is 2.05. The number of nitrogens with zero attached hydrogens (tertiary/aromatic N) is 2. The van der Waals surface area contributed by atoms with Gasteiger partial charge in [-0.05, 0) is 5.92 Å². The fourth-order valence-corrected chi connectivity index (χ4v) is 1.35. The molecule has 1 N–H and O–H groups in total. The molecule has 17 heavy (non-hydrogen) atoms. The van der Waals surface area contributed by atoms with E-state index in [1.54, 1.807) is 7.11 Å². The first kappa shape index (κ1) is 13.9. The molecule has 0 spiro atoms. The van der Waals surface area contributed by atoms with Crippen molar-refractivity contribution in [1.29, 1.82) is 0 Å². The van der Waals surface area contributed by atoms with Crippen molar-refractivity contribution in [3.63, 3.8) is 0 Å². The van der Waals surface area contributed by atoms with Crippen molar-refractivity contribution in [3.05, 3.63) is 23.2 Å². The molecular weight excluding hydrogens is 242 g/mol. The average Bonchev–Trinajstić information content (AvgIpc) is 2.29. The zero-order valence-electron chi connectivity index (χ0n) is 10.1. The van der Waals surface area contributed by atoms with E-state index >= 15 is 0 Å². The van der Waals surface area contributed by atoms with Crippen LogP contribution in [-0.2, 0) is 4.74 Å². The third kappa shape index (κ3) is 4.28. The molecule has 6 heteroatoms. The predicted octanol–water partition coefficient (Wildman–Crippen LogP) is 1.53. The average molecular weight is 258 g/mol. The molecule has 1 aromatic rings. The summed E-state index contributed by atoms with van der Waals surface area (Å²) in [5.74, 6) is 0.00377. The van der Waals surface area contributed by atoms with Crippen LogP contribution in [0.2, 0.25) is 5.15 Å². The minimum absolute atomic E-state index is 0.0509. The summed E-state index contributed by atoms with van der Waals surface area (Å²) in [6.07, 6.45) is 2.69. The molecule has 0 aliphatic rings. The first-order valence-electron chi connectivity index (χ1n) is 5.32. The van der Waals surface area contributed by atoms with Crippen LogP contribution in [0.15, 0.2) is 12.4 Å². The summed E-state index contributed by atoms with van der Waals surface area (Å²) < 4.78 is 5.05. The molecule has 0 aliphatic carbocycles. The van der Waals surface area contributed by atoms with Crippen LogP contribution < -0.4 is 5.32 Å². The van der Waals surface area contributed by atoms with Gasteiger partial charge in [0.1, 0.15) is 10.8 Å². The molecular formula is C11H16ClN3O2. The van der Waals surface area contributed by atoms with Crippen molar-refractivity contribution in [1.82, 2.24) is 15.3 Å². The second-order valence-corrected chi connectivity index (χ2v) is 4.39. The van der Waals surface area contributed by atoms with E-state index in [1.165, 1.54) is 12.4 Å². The van der Waals surface area contributed by atoms with Crippen LogP contribution in [-0.4, -0.2) is 35.6 Å². The van der Waals surface area contributed by atoms with Gasteiger partial charge in [-0.25, -0.2) is 9.97 Å². The fourth-order valence-electron chi connectivity index (χ4n) is 1.25. The van der Waals surface area contributed by atoms with E-state index in [9.17, 15) is 4.79 Å². The Morgan fingerprint density at radius 2 is 2.18 bits per heavy atom. The van der Waals surface area contributed by atoms with Crippen molar-refractivity contribution >= 4 is 17.5 Å². The molecule has 0 radical (unpaired) electrons. The summed E-state index contributed by atoms with van der Waals surface area (Å²) in [6.45, 7) is 4.49. The topological polar surface area (TPSA) is 64.1 Å². The highest BCUT2D eigenvalue weighted by Gasteiger charge is 2.17. The first-order chi connectivity index (χ1) is 8.04. The molecule has 1 unspecified atom stereocenters. The van der Waals surface area contributed by atoms with Gasteiger partial charge in [-0.1, -0.05) is 25.4 Å². The molecule has 0 aliphatic heterocycles. The second kappa shape index (κ2) is 6.51. The molecule has 94 valence electrons. The van der Waals surface area contributed by atoms with Gasteiger partial charge in [0.15, 0.2) is 0 Å². The molecule has 0 aromatic carbocycles. The van der Waals surface area contributed by atoms with Gasteiger partial charge in [0, 0.05) is 7.11 Å². The van der Waals surface area contributed by atoms with Crippen molar-refractivity contribution in [2.45, 2.75) is 19.9 Å². The molecule has 1 heterocycles. The number of carbonyl (C=O) groups excluding carboxylic acids is 1. The molecule has 0 bridgehead atoms. The minimum Gasteiger partial charge on any atom is -0.383 e. The van der Waals surface area contributed by atoms with E-state index in [0.29, 0.717) is 6.61 Å². The number of carbonyl (C=O) groups is 1. The smallest absolute Gasteiger partial charge is 0.271 e. The zero-order valence-corrected chi connectivity index (χ0v) is 10.9. The number of aromatic nitrogens is 2.